The van der Waals surface area contributed by atoms with E-state index in [4.69, 9.17) is 46.4 Å². The first-order valence-electron chi connectivity index (χ1n) is 5.95. The van der Waals surface area contributed by atoms with Gasteiger partial charge in [-0.15, -0.1) is 0 Å². The maximum atomic E-state index is 10.1. The van der Waals surface area contributed by atoms with E-state index >= 15 is 0 Å². The van der Waals surface area contributed by atoms with Gasteiger partial charge in [-0.2, -0.15) is 0 Å². The topological polar surface area (TPSA) is 20.2 Å². The number of aliphatic hydroxyl groups excluding tert-OH is 1. The molecule has 0 spiro atoms. The van der Waals surface area contributed by atoms with Crippen molar-refractivity contribution in [2.45, 2.75) is 16.3 Å². The summed E-state index contributed by atoms with van der Waals surface area (Å²) in [5.41, 5.74) is 2.53. The van der Waals surface area contributed by atoms with Crippen molar-refractivity contribution in [1.29, 1.82) is 0 Å². The number of alkyl halides is 3. The summed E-state index contributed by atoms with van der Waals surface area (Å²) >= 11 is 23.3. The summed E-state index contributed by atoms with van der Waals surface area (Å²) in [5.74, 6) is 0. The van der Waals surface area contributed by atoms with Gasteiger partial charge in [-0.1, -0.05) is 82.8 Å². The third-order valence-electron chi connectivity index (χ3n) is 2.94. The highest BCUT2D eigenvalue weighted by molar-refractivity contribution is 6.68. The SMILES string of the molecule is O[C@H](c1ccccc1Cc1cccc(Cl)c1)C(Cl)(Cl)Cl. The minimum absolute atomic E-state index is 0.604. The second-order valence-corrected chi connectivity index (χ2v) is 7.26. The molecule has 2 rings (SSSR count). The molecular weight excluding hydrogens is 338 g/mol. The van der Waals surface area contributed by atoms with Gasteiger partial charge in [-0.3, -0.25) is 0 Å². The third-order valence-corrected chi connectivity index (χ3v) is 3.80. The minimum Gasteiger partial charge on any atom is -0.384 e. The van der Waals surface area contributed by atoms with Crippen LogP contribution >= 0.6 is 46.4 Å². The molecule has 0 amide bonds. The second-order valence-electron chi connectivity index (χ2n) is 4.45. The fraction of sp³-hybridized carbons (Fsp3) is 0.200. The number of aliphatic hydroxyl groups is 1. The quantitative estimate of drug-likeness (QED) is 0.742. The maximum Gasteiger partial charge on any atom is 0.220 e. The highest BCUT2D eigenvalue weighted by atomic mass is 35.6. The molecule has 1 atom stereocenters. The summed E-state index contributed by atoms with van der Waals surface area (Å²) in [5, 5.41) is 10.8. The predicted octanol–water partition coefficient (Wildman–Crippen LogP) is 5.33. The summed E-state index contributed by atoms with van der Waals surface area (Å²) < 4.78 is -1.76. The lowest BCUT2D eigenvalue weighted by atomic mass is 9.97. The van der Waals surface area contributed by atoms with Gasteiger partial charge in [-0.25, -0.2) is 0 Å². The Morgan fingerprint density at radius 1 is 1.00 bits per heavy atom. The smallest absolute Gasteiger partial charge is 0.220 e. The molecule has 1 nitrogen and oxygen atoms in total. The van der Waals surface area contributed by atoms with Gasteiger partial charge >= 0.3 is 0 Å². The van der Waals surface area contributed by atoms with Crippen molar-refractivity contribution < 1.29 is 5.11 Å². The number of halogens is 4. The van der Waals surface area contributed by atoms with E-state index in [1.54, 1.807) is 12.1 Å². The molecule has 0 radical (unpaired) electrons. The fourth-order valence-corrected chi connectivity index (χ4v) is 2.57. The Hall–Kier alpha value is -0.440. The Kier molecular flexibility index (Phi) is 5.22. The highest BCUT2D eigenvalue weighted by Crippen LogP contribution is 2.41. The van der Waals surface area contributed by atoms with Gasteiger partial charge in [0, 0.05) is 5.02 Å². The second kappa shape index (κ2) is 6.55. The summed E-state index contributed by atoms with van der Waals surface area (Å²) in [7, 11) is 0. The van der Waals surface area contributed by atoms with Crippen LogP contribution in [0.4, 0.5) is 0 Å². The highest BCUT2D eigenvalue weighted by Gasteiger charge is 2.33. The standard InChI is InChI=1S/C15H12Cl4O/c16-12-6-3-4-10(9-12)8-11-5-1-2-7-13(11)14(20)15(17,18)19/h1-7,9,14,20H,8H2/t14-/m1/s1. The number of rotatable bonds is 3. The average molecular weight is 350 g/mol. The Morgan fingerprint density at radius 3 is 2.35 bits per heavy atom. The summed E-state index contributed by atoms with van der Waals surface area (Å²) in [6.45, 7) is 0. The van der Waals surface area contributed by atoms with E-state index < -0.39 is 9.90 Å². The molecule has 0 unspecified atom stereocenters. The van der Waals surface area contributed by atoms with Crippen molar-refractivity contribution in [2.24, 2.45) is 0 Å². The van der Waals surface area contributed by atoms with Gasteiger partial charge in [0.15, 0.2) is 0 Å². The van der Waals surface area contributed by atoms with Gasteiger partial charge in [0.25, 0.3) is 0 Å². The molecule has 0 aliphatic rings. The van der Waals surface area contributed by atoms with Gasteiger partial charge in [-0.05, 0) is 35.2 Å². The van der Waals surface area contributed by atoms with Crippen LogP contribution < -0.4 is 0 Å². The van der Waals surface area contributed by atoms with E-state index in [1.807, 2.05) is 36.4 Å². The lowest BCUT2D eigenvalue weighted by Gasteiger charge is -2.22. The lowest BCUT2D eigenvalue weighted by molar-refractivity contribution is 0.181. The van der Waals surface area contributed by atoms with E-state index in [2.05, 4.69) is 0 Å². The molecule has 0 fully saturated rings. The zero-order valence-corrected chi connectivity index (χ0v) is 13.4. The lowest BCUT2D eigenvalue weighted by Crippen LogP contribution is -2.18. The van der Waals surface area contributed by atoms with E-state index in [0.717, 1.165) is 11.1 Å². The van der Waals surface area contributed by atoms with E-state index in [0.29, 0.717) is 17.0 Å². The van der Waals surface area contributed by atoms with Crippen LogP contribution in [0, 0.1) is 0 Å². The molecule has 0 aliphatic heterocycles. The van der Waals surface area contributed by atoms with Crippen LogP contribution in [0.25, 0.3) is 0 Å². The van der Waals surface area contributed by atoms with Crippen molar-refractivity contribution in [3.8, 4) is 0 Å². The van der Waals surface area contributed by atoms with Crippen LogP contribution in [0.1, 0.15) is 22.8 Å². The third kappa shape index (κ3) is 4.03. The minimum atomic E-state index is -1.76. The molecule has 0 aliphatic carbocycles. The summed E-state index contributed by atoms with van der Waals surface area (Å²) in [6.07, 6.45) is -0.572. The van der Waals surface area contributed by atoms with Crippen molar-refractivity contribution in [3.05, 3.63) is 70.2 Å². The van der Waals surface area contributed by atoms with Crippen LogP contribution in [-0.4, -0.2) is 8.90 Å². The molecule has 0 saturated carbocycles. The van der Waals surface area contributed by atoms with Crippen molar-refractivity contribution in [1.82, 2.24) is 0 Å². The van der Waals surface area contributed by atoms with Crippen LogP contribution in [0.3, 0.4) is 0 Å². The van der Waals surface area contributed by atoms with Crippen LogP contribution in [0.15, 0.2) is 48.5 Å². The van der Waals surface area contributed by atoms with Crippen LogP contribution in [0.5, 0.6) is 0 Å². The molecular formula is C15H12Cl4O. The maximum absolute atomic E-state index is 10.1. The van der Waals surface area contributed by atoms with Gasteiger partial charge in [0.05, 0.1) is 0 Å². The molecule has 5 heteroatoms. The molecule has 1 N–H and O–H groups in total. The van der Waals surface area contributed by atoms with Crippen molar-refractivity contribution in [2.75, 3.05) is 0 Å². The molecule has 2 aromatic carbocycles. The molecule has 0 saturated heterocycles. The normalized spacial score (nSPS) is 13.2. The number of benzene rings is 2. The van der Waals surface area contributed by atoms with E-state index in [-0.39, 0.29) is 0 Å². The number of hydrogen-bond acceptors (Lipinski definition) is 1. The first-order chi connectivity index (χ1) is 9.38. The Morgan fingerprint density at radius 2 is 1.70 bits per heavy atom. The molecule has 0 aromatic heterocycles. The van der Waals surface area contributed by atoms with Crippen molar-refractivity contribution in [3.63, 3.8) is 0 Å². The monoisotopic (exact) mass is 348 g/mol. The summed E-state index contributed by atoms with van der Waals surface area (Å²) in [6, 6.07) is 14.9. The number of hydrogen-bond donors (Lipinski definition) is 1. The molecule has 0 heterocycles. The van der Waals surface area contributed by atoms with Gasteiger partial charge in [0.1, 0.15) is 6.10 Å². The Labute approximate surface area is 138 Å². The van der Waals surface area contributed by atoms with E-state index in [1.165, 1.54) is 0 Å². The first kappa shape index (κ1) is 15.9. The molecule has 0 bridgehead atoms. The van der Waals surface area contributed by atoms with E-state index in [9.17, 15) is 5.11 Å². The largest absolute Gasteiger partial charge is 0.384 e. The molecule has 2 aromatic rings. The average Bonchev–Trinajstić information content (AvgIpc) is 2.37. The van der Waals surface area contributed by atoms with Gasteiger partial charge in [0.2, 0.25) is 3.79 Å². The molecule has 106 valence electrons. The Bertz CT molecular complexity index is 592. The fourth-order valence-electron chi connectivity index (χ4n) is 2.01. The zero-order chi connectivity index (χ0) is 14.8. The first-order valence-corrected chi connectivity index (χ1v) is 7.46. The molecule has 20 heavy (non-hydrogen) atoms. The van der Waals surface area contributed by atoms with Crippen molar-refractivity contribution >= 4 is 46.4 Å². The summed E-state index contributed by atoms with van der Waals surface area (Å²) in [4.78, 5) is 0. The predicted molar refractivity (Wildman–Crippen MR) is 85.9 cm³/mol. The van der Waals surface area contributed by atoms with Crippen LogP contribution in [0.2, 0.25) is 5.02 Å². The van der Waals surface area contributed by atoms with Gasteiger partial charge < -0.3 is 5.11 Å². The van der Waals surface area contributed by atoms with Crippen LogP contribution in [-0.2, 0) is 6.42 Å². The zero-order valence-electron chi connectivity index (χ0n) is 10.4. The Balaban J connectivity index is 2.33.